The lowest BCUT2D eigenvalue weighted by atomic mass is 10.0. The van der Waals surface area contributed by atoms with E-state index in [-0.39, 0.29) is 17.7 Å². The van der Waals surface area contributed by atoms with Crippen LogP contribution < -0.4 is 10.5 Å². The minimum atomic E-state index is 0. The largest absolute Gasteiger partial charge is 0.497 e. The van der Waals surface area contributed by atoms with E-state index in [4.69, 9.17) is 10.5 Å². The molecular weight excluding hydrogens is 364 g/mol. The van der Waals surface area contributed by atoms with Gasteiger partial charge in [-0.25, -0.2) is 4.99 Å². The second kappa shape index (κ2) is 9.90. The first-order valence-corrected chi connectivity index (χ1v) is 8.89. The Morgan fingerprint density at radius 3 is 2.00 bits per heavy atom. The maximum atomic E-state index is 6.24. The van der Waals surface area contributed by atoms with Crippen LogP contribution in [0.25, 0.3) is 0 Å². The van der Waals surface area contributed by atoms with E-state index >= 15 is 0 Å². The van der Waals surface area contributed by atoms with E-state index in [9.17, 15) is 0 Å². The average molecular weight is 385 g/mol. The first kappa shape index (κ1) is 19.9. The monoisotopic (exact) mass is 384 g/mol. The van der Waals surface area contributed by atoms with Crippen LogP contribution in [0.4, 0.5) is 5.69 Å². The molecule has 0 saturated heterocycles. The summed E-state index contributed by atoms with van der Waals surface area (Å²) in [7, 11) is 1.64. The highest BCUT2D eigenvalue weighted by atomic mass is 35.5. The van der Waals surface area contributed by atoms with Crippen molar-refractivity contribution in [3.63, 3.8) is 0 Å². The van der Waals surface area contributed by atoms with Crippen molar-refractivity contribution in [3.8, 4) is 5.75 Å². The normalized spacial score (nSPS) is 11.1. The smallest absolute Gasteiger partial charge is 0.160 e. The number of hydrogen-bond acceptors (Lipinski definition) is 3. The number of ether oxygens (including phenoxy) is 1. The summed E-state index contributed by atoms with van der Waals surface area (Å²) in [6.45, 7) is 0. The van der Waals surface area contributed by atoms with Crippen LogP contribution in [0.15, 0.2) is 89.9 Å². The Kier molecular flexibility index (Phi) is 7.57. The van der Waals surface area contributed by atoms with Crippen LogP contribution in [0.5, 0.6) is 5.75 Å². The molecule has 0 unspecified atom stereocenters. The molecule has 0 aliphatic carbocycles. The molecule has 134 valence electrons. The van der Waals surface area contributed by atoms with E-state index in [1.165, 1.54) is 11.1 Å². The molecule has 0 aliphatic heterocycles. The second-order valence-electron chi connectivity index (χ2n) is 5.47. The third-order valence-electron chi connectivity index (χ3n) is 3.74. The summed E-state index contributed by atoms with van der Waals surface area (Å²) in [6.07, 6.45) is 0. The van der Waals surface area contributed by atoms with Crippen LogP contribution in [0.3, 0.4) is 0 Å². The standard InChI is InChI=1S/C21H20N2OS.ClH/c1-24-19-14-8-13-18(15-19)23-21(22)25-20(16-9-4-2-5-10-16)17-11-6-3-7-12-17;/h2-15,20H,1H3,(H2,22,23);1H. The van der Waals surface area contributed by atoms with Gasteiger partial charge in [-0.2, -0.15) is 0 Å². The molecule has 0 spiro atoms. The predicted octanol–water partition coefficient (Wildman–Crippen LogP) is 5.59. The minimum Gasteiger partial charge on any atom is -0.497 e. The number of benzene rings is 3. The van der Waals surface area contributed by atoms with Gasteiger partial charge in [0.2, 0.25) is 0 Å². The lowest BCUT2D eigenvalue weighted by Crippen LogP contribution is -2.10. The zero-order valence-electron chi connectivity index (χ0n) is 14.4. The van der Waals surface area contributed by atoms with Crippen LogP contribution in [-0.4, -0.2) is 12.3 Å². The predicted molar refractivity (Wildman–Crippen MR) is 114 cm³/mol. The Morgan fingerprint density at radius 1 is 0.885 bits per heavy atom. The molecule has 2 N–H and O–H groups in total. The minimum absolute atomic E-state index is 0. The molecule has 3 rings (SSSR count). The van der Waals surface area contributed by atoms with Crippen LogP contribution in [0.1, 0.15) is 16.4 Å². The fraction of sp³-hybridized carbons (Fsp3) is 0.0952. The van der Waals surface area contributed by atoms with E-state index in [1.807, 2.05) is 60.7 Å². The van der Waals surface area contributed by atoms with Gasteiger partial charge in [-0.3, -0.25) is 0 Å². The van der Waals surface area contributed by atoms with Crippen molar-refractivity contribution in [2.24, 2.45) is 10.7 Å². The van der Waals surface area contributed by atoms with Gasteiger partial charge in [-0.05, 0) is 23.3 Å². The number of aliphatic imine (C=N–C) groups is 1. The van der Waals surface area contributed by atoms with Gasteiger partial charge in [0.05, 0.1) is 18.0 Å². The van der Waals surface area contributed by atoms with Gasteiger partial charge in [0.15, 0.2) is 5.17 Å². The lowest BCUT2D eigenvalue weighted by molar-refractivity contribution is 0.415. The molecule has 0 aromatic heterocycles. The van der Waals surface area contributed by atoms with Crippen molar-refractivity contribution >= 4 is 35.0 Å². The second-order valence-corrected chi connectivity index (χ2v) is 6.60. The van der Waals surface area contributed by atoms with Crippen molar-refractivity contribution in [2.75, 3.05) is 7.11 Å². The van der Waals surface area contributed by atoms with Crippen molar-refractivity contribution in [2.45, 2.75) is 5.25 Å². The highest BCUT2D eigenvalue weighted by molar-refractivity contribution is 8.14. The van der Waals surface area contributed by atoms with Crippen molar-refractivity contribution in [3.05, 3.63) is 96.1 Å². The molecule has 0 fully saturated rings. The maximum Gasteiger partial charge on any atom is 0.160 e. The third kappa shape index (κ3) is 5.28. The summed E-state index contributed by atoms with van der Waals surface area (Å²) in [6, 6.07) is 28.2. The fourth-order valence-corrected chi connectivity index (χ4v) is 3.52. The Bertz CT molecular complexity index is 801. The van der Waals surface area contributed by atoms with Crippen molar-refractivity contribution < 1.29 is 4.74 Å². The summed E-state index contributed by atoms with van der Waals surface area (Å²) in [4.78, 5) is 4.54. The molecule has 5 heteroatoms. The highest BCUT2D eigenvalue weighted by Crippen LogP contribution is 2.36. The maximum absolute atomic E-state index is 6.24. The first-order valence-electron chi connectivity index (χ1n) is 8.01. The van der Waals surface area contributed by atoms with E-state index in [0.717, 1.165) is 11.4 Å². The van der Waals surface area contributed by atoms with Crippen LogP contribution in [0, 0.1) is 0 Å². The summed E-state index contributed by atoms with van der Waals surface area (Å²) in [5.74, 6) is 0.765. The highest BCUT2D eigenvalue weighted by Gasteiger charge is 2.16. The summed E-state index contributed by atoms with van der Waals surface area (Å²) >= 11 is 1.55. The lowest BCUT2D eigenvalue weighted by Gasteiger charge is -2.17. The van der Waals surface area contributed by atoms with Gasteiger partial charge in [-0.1, -0.05) is 78.5 Å². The quantitative estimate of drug-likeness (QED) is 0.461. The first-order chi connectivity index (χ1) is 12.3. The van der Waals surface area contributed by atoms with Gasteiger partial charge < -0.3 is 10.5 Å². The number of nitrogens with zero attached hydrogens (tertiary/aromatic N) is 1. The molecule has 0 aliphatic rings. The summed E-state index contributed by atoms with van der Waals surface area (Å²) < 4.78 is 5.24. The molecule has 0 bridgehead atoms. The molecule has 0 amide bonds. The van der Waals surface area contributed by atoms with Crippen LogP contribution in [-0.2, 0) is 0 Å². The number of hydrogen-bond donors (Lipinski definition) is 1. The average Bonchev–Trinajstić information content (AvgIpc) is 2.67. The topological polar surface area (TPSA) is 47.6 Å². The van der Waals surface area contributed by atoms with E-state index in [1.54, 1.807) is 18.9 Å². The number of methoxy groups -OCH3 is 1. The molecular formula is C21H21ClN2OS. The van der Waals surface area contributed by atoms with Gasteiger partial charge in [0.25, 0.3) is 0 Å². The van der Waals surface area contributed by atoms with E-state index < -0.39 is 0 Å². The number of halogens is 1. The zero-order chi connectivity index (χ0) is 17.5. The Labute approximate surface area is 164 Å². The Morgan fingerprint density at radius 2 is 1.46 bits per heavy atom. The van der Waals surface area contributed by atoms with Crippen molar-refractivity contribution in [1.82, 2.24) is 0 Å². The number of thioether (sulfide) groups is 1. The zero-order valence-corrected chi connectivity index (χ0v) is 16.0. The molecule has 0 radical (unpaired) electrons. The van der Waals surface area contributed by atoms with Gasteiger partial charge >= 0.3 is 0 Å². The molecule has 3 nitrogen and oxygen atoms in total. The van der Waals surface area contributed by atoms with Gasteiger partial charge in [0.1, 0.15) is 5.75 Å². The molecule has 0 heterocycles. The van der Waals surface area contributed by atoms with E-state index in [2.05, 4.69) is 29.3 Å². The number of amidine groups is 1. The number of nitrogens with two attached hydrogens (primary N) is 1. The SMILES string of the molecule is COc1cccc(N=C(N)SC(c2ccccc2)c2ccccc2)c1.Cl. The van der Waals surface area contributed by atoms with Gasteiger partial charge in [0, 0.05) is 6.07 Å². The summed E-state index contributed by atoms with van der Waals surface area (Å²) in [5, 5.41) is 0.614. The Balaban J connectivity index is 0.00000243. The van der Waals surface area contributed by atoms with E-state index in [0.29, 0.717) is 5.17 Å². The van der Waals surface area contributed by atoms with Gasteiger partial charge in [-0.15, -0.1) is 12.4 Å². The number of rotatable bonds is 5. The van der Waals surface area contributed by atoms with Crippen LogP contribution >= 0.6 is 24.2 Å². The Hall–Kier alpha value is -2.43. The molecule has 0 atom stereocenters. The fourth-order valence-electron chi connectivity index (χ4n) is 2.54. The molecule has 3 aromatic carbocycles. The molecule has 26 heavy (non-hydrogen) atoms. The third-order valence-corrected chi connectivity index (χ3v) is 4.85. The van der Waals surface area contributed by atoms with Crippen molar-refractivity contribution in [1.29, 1.82) is 0 Å². The molecule has 3 aromatic rings. The van der Waals surface area contributed by atoms with Crippen LogP contribution in [0.2, 0.25) is 0 Å². The summed E-state index contributed by atoms with van der Waals surface area (Å²) in [5.41, 5.74) is 9.42. The molecule has 0 saturated carbocycles.